The normalized spacial score (nSPS) is 10.2. The van der Waals surface area contributed by atoms with Gasteiger partial charge in [-0.15, -0.1) is 0 Å². The molecule has 20 heavy (non-hydrogen) atoms. The molecule has 1 amide bonds. The van der Waals surface area contributed by atoms with Crippen molar-refractivity contribution in [2.75, 3.05) is 10.7 Å². The Morgan fingerprint density at radius 1 is 1.35 bits per heavy atom. The molecule has 0 aliphatic heterocycles. The molecule has 0 fully saturated rings. The Balaban J connectivity index is 2.23. The van der Waals surface area contributed by atoms with Crippen LogP contribution in [0.3, 0.4) is 0 Å². The molecule has 0 spiro atoms. The molecular weight excluding hydrogens is 344 g/mol. The predicted molar refractivity (Wildman–Crippen MR) is 83.9 cm³/mol. The summed E-state index contributed by atoms with van der Waals surface area (Å²) in [5.41, 5.74) is 4.24. The first-order valence-corrected chi connectivity index (χ1v) is 6.88. The number of halogens is 2. The van der Waals surface area contributed by atoms with Gasteiger partial charge in [0.05, 0.1) is 5.02 Å². The average Bonchev–Trinajstić information content (AvgIpc) is 2.42. The van der Waals surface area contributed by atoms with Crippen molar-refractivity contribution < 1.29 is 4.79 Å². The highest BCUT2D eigenvalue weighted by Gasteiger charge is 2.09. The number of benzene rings is 1. The number of nitrogens with one attached hydrogen (secondary N) is 2. The molecule has 1 aromatic carbocycles. The Morgan fingerprint density at radius 2 is 2.10 bits per heavy atom. The molecule has 0 atom stereocenters. The standard InChI is InChI=1S/C13H12BrClN4O/c1-7-4-8(5-12(17-7)19-16)13(20)18-9-2-3-11(15)10(14)6-9/h2-6H,16H2,1H3,(H,17,19)(H,18,20). The van der Waals surface area contributed by atoms with Crippen LogP contribution in [0.1, 0.15) is 16.1 Å². The molecule has 0 aliphatic rings. The summed E-state index contributed by atoms with van der Waals surface area (Å²) >= 11 is 9.21. The number of aromatic nitrogens is 1. The lowest BCUT2D eigenvalue weighted by atomic mass is 10.2. The lowest BCUT2D eigenvalue weighted by Gasteiger charge is -2.08. The van der Waals surface area contributed by atoms with Crippen molar-refractivity contribution in [2.45, 2.75) is 6.92 Å². The third-order valence-electron chi connectivity index (χ3n) is 2.54. The molecular formula is C13H12BrClN4O. The average molecular weight is 356 g/mol. The summed E-state index contributed by atoms with van der Waals surface area (Å²) in [6.45, 7) is 1.79. The van der Waals surface area contributed by atoms with Crippen molar-refractivity contribution in [2.24, 2.45) is 5.84 Å². The third kappa shape index (κ3) is 3.47. The molecule has 4 N–H and O–H groups in total. The monoisotopic (exact) mass is 354 g/mol. The maximum Gasteiger partial charge on any atom is 0.255 e. The molecule has 0 saturated heterocycles. The van der Waals surface area contributed by atoms with Crippen LogP contribution in [0.4, 0.5) is 11.5 Å². The van der Waals surface area contributed by atoms with E-state index < -0.39 is 0 Å². The number of hydrogen-bond donors (Lipinski definition) is 3. The second kappa shape index (κ2) is 6.21. The summed E-state index contributed by atoms with van der Waals surface area (Å²) in [4.78, 5) is 16.3. The van der Waals surface area contributed by atoms with E-state index in [0.29, 0.717) is 32.3 Å². The number of nitrogens with two attached hydrogens (primary N) is 1. The Bertz CT molecular complexity index is 663. The molecule has 0 aliphatic carbocycles. The van der Waals surface area contributed by atoms with Crippen molar-refractivity contribution in [3.8, 4) is 0 Å². The molecule has 1 aromatic heterocycles. The SMILES string of the molecule is Cc1cc(C(=O)Nc2ccc(Cl)c(Br)c2)cc(NN)n1. The number of carbonyl (C=O) groups is 1. The quantitative estimate of drug-likeness (QED) is 0.583. The minimum atomic E-state index is -0.249. The van der Waals surface area contributed by atoms with E-state index in [2.05, 4.69) is 31.7 Å². The lowest BCUT2D eigenvalue weighted by molar-refractivity contribution is 0.102. The second-order valence-electron chi connectivity index (χ2n) is 4.11. The smallest absolute Gasteiger partial charge is 0.255 e. The zero-order valence-corrected chi connectivity index (χ0v) is 12.9. The number of aryl methyl sites for hydroxylation is 1. The molecule has 7 heteroatoms. The van der Waals surface area contributed by atoms with E-state index in [-0.39, 0.29) is 5.91 Å². The van der Waals surface area contributed by atoms with Gasteiger partial charge in [0, 0.05) is 21.4 Å². The Morgan fingerprint density at radius 3 is 2.75 bits per heavy atom. The molecule has 2 rings (SSSR count). The number of amides is 1. The van der Waals surface area contributed by atoms with Gasteiger partial charge in [-0.05, 0) is 53.2 Å². The third-order valence-corrected chi connectivity index (χ3v) is 3.75. The zero-order valence-electron chi connectivity index (χ0n) is 10.6. The molecule has 104 valence electrons. The molecule has 0 saturated carbocycles. The fourth-order valence-electron chi connectivity index (χ4n) is 1.65. The Hall–Kier alpha value is -1.63. The van der Waals surface area contributed by atoms with Crippen LogP contribution in [-0.4, -0.2) is 10.9 Å². The van der Waals surface area contributed by atoms with Gasteiger partial charge >= 0.3 is 0 Å². The number of hydrogen-bond acceptors (Lipinski definition) is 4. The first kappa shape index (κ1) is 14.8. The van der Waals surface area contributed by atoms with E-state index in [4.69, 9.17) is 17.4 Å². The van der Waals surface area contributed by atoms with Crippen LogP contribution in [0.15, 0.2) is 34.8 Å². The van der Waals surface area contributed by atoms with Gasteiger partial charge in [0.25, 0.3) is 5.91 Å². The van der Waals surface area contributed by atoms with Gasteiger partial charge in [-0.1, -0.05) is 11.6 Å². The molecule has 1 heterocycles. The molecule has 2 aromatic rings. The fourth-order valence-corrected chi connectivity index (χ4v) is 2.15. The van der Waals surface area contributed by atoms with E-state index >= 15 is 0 Å². The van der Waals surface area contributed by atoms with Crippen LogP contribution in [0, 0.1) is 6.92 Å². The summed E-state index contributed by atoms with van der Waals surface area (Å²) in [6.07, 6.45) is 0. The van der Waals surface area contributed by atoms with E-state index in [0.717, 1.165) is 0 Å². The largest absolute Gasteiger partial charge is 0.322 e. The number of nitrogens with zero attached hydrogens (tertiary/aromatic N) is 1. The van der Waals surface area contributed by atoms with Gasteiger partial charge in [0.15, 0.2) is 0 Å². The minimum Gasteiger partial charge on any atom is -0.322 e. The molecule has 5 nitrogen and oxygen atoms in total. The Kier molecular flexibility index (Phi) is 4.59. The summed E-state index contributed by atoms with van der Waals surface area (Å²) in [5.74, 6) is 5.50. The predicted octanol–water partition coefficient (Wildman–Crippen LogP) is 3.34. The van der Waals surface area contributed by atoms with Gasteiger partial charge in [-0.25, -0.2) is 10.8 Å². The number of hydrazine groups is 1. The van der Waals surface area contributed by atoms with Crippen molar-refractivity contribution >= 4 is 44.9 Å². The summed E-state index contributed by atoms with van der Waals surface area (Å²) in [7, 11) is 0. The van der Waals surface area contributed by atoms with E-state index in [1.54, 1.807) is 37.3 Å². The van der Waals surface area contributed by atoms with Crippen molar-refractivity contribution in [3.63, 3.8) is 0 Å². The van der Waals surface area contributed by atoms with Gasteiger partial charge in [0.1, 0.15) is 5.82 Å². The van der Waals surface area contributed by atoms with Gasteiger partial charge in [-0.2, -0.15) is 0 Å². The van der Waals surface area contributed by atoms with Gasteiger partial charge in [0.2, 0.25) is 0 Å². The van der Waals surface area contributed by atoms with Gasteiger partial charge in [-0.3, -0.25) is 4.79 Å². The lowest BCUT2D eigenvalue weighted by Crippen LogP contribution is -2.15. The van der Waals surface area contributed by atoms with Crippen LogP contribution in [0.2, 0.25) is 5.02 Å². The zero-order chi connectivity index (χ0) is 14.7. The number of rotatable bonds is 3. The van der Waals surface area contributed by atoms with Crippen molar-refractivity contribution in [1.82, 2.24) is 4.98 Å². The van der Waals surface area contributed by atoms with Crippen LogP contribution in [0.25, 0.3) is 0 Å². The van der Waals surface area contributed by atoms with Crippen molar-refractivity contribution in [3.05, 3.63) is 51.1 Å². The molecule has 0 bridgehead atoms. The summed E-state index contributed by atoms with van der Waals surface area (Å²) in [6, 6.07) is 8.41. The fraction of sp³-hybridized carbons (Fsp3) is 0.0769. The van der Waals surface area contributed by atoms with Crippen molar-refractivity contribution in [1.29, 1.82) is 0 Å². The van der Waals surface area contributed by atoms with Crippen LogP contribution < -0.4 is 16.6 Å². The molecule has 0 unspecified atom stereocenters. The minimum absolute atomic E-state index is 0.249. The van der Waals surface area contributed by atoms with E-state index in [9.17, 15) is 4.79 Å². The second-order valence-corrected chi connectivity index (χ2v) is 5.37. The van der Waals surface area contributed by atoms with Crippen LogP contribution >= 0.6 is 27.5 Å². The summed E-state index contributed by atoms with van der Waals surface area (Å²) < 4.78 is 0.715. The Labute approximate surface area is 129 Å². The number of pyridine rings is 1. The van der Waals surface area contributed by atoms with E-state index in [1.807, 2.05) is 0 Å². The first-order chi connectivity index (χ1) is 9.49. The highest BCUT2D eigenvalue weighted by atomic mass is 79.9. The maximum atomic E-state index is 12.2. The highest BCUT2D eigenvalue weighted by Crippen LogP contribution is 2.25. The van der Waals surface area contributed by atoms with Gasteiger partial charge < -0.3 is 10.7 Å². The number of anilines is 2. The number of nitrogen functional groups attached to an aromatic ring is 1. The maximum absolute atomic E-state index is 12.2. The van der Waals surface area contributed by atoms with E-state index in [1.165, 1.54) is 0 Å². The molecule has 0 radical (unpaired) electrons. The topological polar surface area (TPSA) is 80.0 Å². The highest BCUT2D eigenvalue weighted by molar-refractivity contribution is 9.10. The number of carbonyl (C=O) groups excluding carboxylic acids is 1. The van der Waals surface area contributed by atoms with Crippen LogP contribution in [-0.2, 0) is 0 Å². The van der Waals surface area contributed by atoms with Crippen LogP contribution in [0.5, 0.6) is 0 Å². The summed E-state index contributed by atoms with van der Waals surface area (Å²) in [5, 5.41) is 3.36. The first-order valence-electron chi connectivity index (χ1n) is 5.71.